The summed E-state index contributed by atoms with van der Waals surface area (Å²) >= 11 is 0. The summed E-state index contributed by atoms with van der Waals surface area (Å²) in [5, 5.41) is 3.37. The molecule has 3 heteroatoms. The van der Waals surface area contributed by atoms with Crippen LogP contribution in [0.3, 0.4) is 0 Å². The summed E-state index contributed by atoms with van der Waals surface area (Å²) in [5.74, 6) is 0.416. The minimum absolute atomic E-state index is 0.0936. The lowest BCUT2D eigenvalue weighted by molar-refractivity contribution is -0.155. The van der Waals surface area contributed by atoms with Crippen molar-refractivity contribution in [1.29, 1.82) is 0 Å². The first-order chi connectivity index (χ1) is 7.20. The molecule has 1 N–H and O–H groups in total. The molecule has 0 unspecified atom stereocenters. The van der Waals surface area contributed by atoms with E-state index in [9.17, 15) is 4.79 Å². The SMILES string of the molecule is CC(C)NC[C@@H](C)CCC(=O)OC(C)(C)C. The molecule has 0 aliphatic carbocycles. The van der Waals surface area contributed by atoms with Crippen LogP contribution in [-0.2, 0) is 9.53 Å². The first-order valence-corrected chi connectivity index (χ1v) is 6.16. The van der Waals surface area contributed by atoms with Crippen LogP contribution in [0.2, 0.25) is 0 Å². The Bertz CT molecular complexity index is 206. The second kappa shape index (κ2) is 6.89. The largest absolute Gasteiger partial charge is 0.460 e. The zero-order valence-corrected chi connectivity index (χ0v) is 11.6. The van der Waals surface area contributed by atoms with Crippen LogP contribution in [-0.4, -0.2) is 24.2 Å². The Morgan fingerprint density at radius 1 is 1.25 bits per heavy atom. The summed E-state index contributed by atoms with van der Waals surface area (Å²) in [6.07, 6.45) is 1.40. The van der Waals surface area contributed by atoms with Crippen LogP contribution in [0.15, 0.2) is 0 Å². The Morgan fingerprint density at radius 3 is 2.25 bits per heavy atom. The molecule has 0 amide bonds. The fraction of sp³-hybridized carbons (Fsp3) is 0.923. The Morgan fingerprint density at radius 2 is 1.81 bits per heavy atom. The van der Waals surface area contributed by atoms with Crippen molar-refractivity contribution in [2.45, 2.75) is 66.0 Å². The van der Waals surface area contributed by atoms with E-state index in [-0.39, 0.29) is 11.6 Å². The van der Waals surface area contributed by atoms with Crippen molar-refractivity contribution in [3.63, 3.8) is 0 Å². The van der Waals surface area contributed by atoms with Crippen LogP contribution in [0.5, 0.6) is 0 Å². The zero-order chi connectivity index (χ0) is 12.8. The predicted octanol–water partition coefficient (Wildman–Crippen LogP) is 2.74. The van der Waals surface area contributed by atoms with Gasteiger partial charge in [0.2, 0.25) is 0 Å². The van der Waals surface area contributed by atoms with Gasteiger partial charge in [-0.05, 0) is 39.7 Å². The van der Waals surface area contributed by atoms with Crippen molar-refractivity contribution in [2.24, 2.45) is 5.92 Å². The zero-order valence-electron chi connectivity index (χ0n) is 11.6. The molecule has 0 spiro atoms. The number of hydrogen-bond donors (Lipinski definition) is 1. The van der Waals surface area contributed by atoms with E-state index in [1.807, 2.05) is 20.8 Å². The standard InChI is InChI=1S/C13H27NO2/c1-10(2)14-9-11(3)7-8-12(15)16-13(4,5)6/h10-11,14H,7-9H2,1-6H3/t11-/m0/s1. The van der Waals surface area contributed by atoms with E-state index < -0.39 is 0 Å². The van der Waals surface area contributed by atoms with Crippen LogP contribution in [0.4, 0.5) is 0 Å². The third-order valence-electron chi connectivity index (χ3n) is 2.14. The molecule has 96 valence electrons. The molecule has 0 aromatic carbocycles. The molecule has 0 aliphatic heterocycles. The molecule has 1 atom stereocenters. The van der Waals surface area contributed by atoms with Gasteiger partial charge in [0.05, 0.1) is 0 Å². The molecule has 0 rings (SSSR count). The van der Waals surface area contributed by atoms with E-state index >= 15 is 0 Å². The summed E-state index contributed by atoms with van der Waals surface area (Å²) in [5.41, 5.74) is -0.365. The normalized spacial score (nSPS) is 13.9. The molecule has 0 aliphatic rings. The fourth-order valence-corrected chi connectivity index (χ4v) is 1.30. The number of carbonyl (C=O) groups is 1. The molecular weight excluding hydrogens is 202 g/mol. The van der Waals surface area contributed by atoms with E-state index in [1.54, 1.807) is 0 Å². The maximum absolute atomic E-state index is 11.5. The van der Waals surface area contributed by atoms with E-state index in [2.05, 4.69) is 26.1 Å². The Kier molecular flexibility index (Phi) is 6.65. The molecule has 0 aromatic heterocycles. The Balaban J connectivity index is 3.67. The molecule has 3 nitrogen and oxygen atoms in total. The predicted molar refractivity (Wildman–Crippen MR) is 67.4 cm³/mol. The number of hydrogen-bond acceptors (Lipinski definition) is 3. The average Bonchev–Trinajstić information content (AvgIpc) is 2.08. The van der Waals surface area contributed by atoms with E-state index in [1.165, 1.54) is 0 Å². The van der Waals surface area contributed by atoms with Crippen molar-refractivity contribution >= 4 is 5.97 Å². The molecular formula is C13H27NO2. The summed E-state index contributed by atoms with van der Waals surface area (Å²) < 4.78 is 5.25. The maximum atomic E-state index is 11.5. The molecule has 0 saturated heterocycles. The van der Waals surface area contributed by atoms with Crippen molar-refractivity contribution in [1.82, 2.24) is 5.32 Å². The van der Waals surface area contributed by atoms with Gasteiger partial charge in [0, 0.05) is 12.5 Å². The summed E-state index contributed by atoms with van der Waals surface area (Å²) in [7, 11) is 0. The fourth-order valence-electron chi connectivity index (χ4n) is 1.30. The Hall–Kier alpha value is -0.570. The lowest BCUT2D eigenvalue weighted by Gasteiger charge is -2.20. The van der Waals surface area contributed by atoms with Gasteiger partial charge in [-0.2, -0.15) is 0 Å². The Labute approximate surface area is 99.9 Å². The molecule has 0 saturated carbocycles. The van der Waals surface area contributed by atoms with E-state index in [0.717, 1.165) is 13.0 Å². The van der Waals surface area contributed by atoms with E-state index in [4.69, 9.17) is 4.74 Å². The smallest absolute Gasteiger partial charge is 0.306 e. The van der Waals surface area contributed by atoms with Gasteiger partial charge >= 0.3 is 5.97 Å². The maximum Gasteiger partial charge on any atom is 0.306 e. The van der Waals surface area contributed by atoms with Crippen LogP contribution in [0.1, 0.15) is 54.4 Å². The number of esters is 1. The third kappa shape index (κ3) is 9.97. The van der Waals surface area contributed by atoms with Gasteiger partial charge in [-0.1, -0.05) is 20.8 Å². The lowest BCUT2D eigenvalue weighted by atomic mass is 10.1. The highest BCUT2D eigenvalue weighted by Crippen LogP contribution is 2.11. The number of nitrogens with one attached hydrogen (secondary N) is 1. The topological polar surface area (TPSA) is 38.3 Å². The highest BCUT2D eigenvalue weighted by Gasteiger charge is 2.16. The van der Waals surface area contributed by atoms with Crippen LogP contribution in [0, 0.1) is 5.92 Å². The quantitative estimate of drug-likeness (QED) is 0.712. The molecule has 0 fully saturated rings. The first kappa shape index (κ1) is 15.4. The second-order valence-corrected chi connectivity index (χ2v) is 5.79. The second-order valence-electron chi connectivity index (χ2n) is 5.79. The van der Waals surface area contributed by atoms with Gasteiger partial charge in [0.15, 0.2) is 0 Å². The van der Waals surface area contributed by atoms with Crippen molar-refractivity contribution in [2.75, 3.05) is 6.54 Å². The van der Waals surface area contributed by atoms with Gasteiger partial charge in [-0.15, -0.1) is 0 Å². The minimum atomic E-state index is -0.365. The highest BCUT2D eigenvalue weighted by atomic mass is 16.6. The van der Waals surface area contributed by atoms with Crippen molar-refractivity contribution < 1.29 is 9.53 Å². The first-order valence-electron chi connectivity index (χ1n) is 6.16. The van der Waals surface area contributed by atoms with Crippen LogP contribution in [0.25, 0.3) is 0 Å². The number of rotatable bonds is 6. The molecule has 0 heterocycles. The molecule has 16 heavy (non-hydrogen) atoms. The monoisotopic (exact) mass is 229 g/mol. The summed E-state index contributed by atoms with van der Waals surface area (Å²) in [6, 6.07) is 0.504. The van der Waals surface area contributed by atoms with Gasteiger partial charge < -0.3 is 10.1 Å². The third-order valence-corrected chi connectivity index (χ3v) is 2.14. The highest BCUT2D eigenvalue weighted by molar-refractivity contribution is 5.69. The van der Waals surface area contributed by atoms with Gasteiger partial charge in [-0.25, -0.2) is 0 Å². The number of carbonyl (C=O) groups excluding carboxylic acids is 1. The van der Waals surface area contributed by atoms with Gasteiger partial charge in [0.25, 0.3) is 0 Å². The number of ether oxygens (including phenoxy) is 1. The molecule has 0 bridgehead atoms. The van der Waals surface area contributed by atoms with Crippen molar-refractivity contribution in [3.05, 3.63) is 0 Å². The average molecular weight is 229 g/mol. The van der Waals surface area contributed by atoms with Crippen LogP contribution >= 0.6 is 0 Å². The molecule has 0 aromatic rings. The minimum Gasteiger partial charge on any atom is -0.460 e. The summed E-state index contributed by atoms with van der Waals surface area (Å²) in [6.45, 7) is 13.1. The molecule has 0 radical (unpaired) electrons. The van der Waals surface area contributed by atoms with Crippen molar-refractivity contribution in [3.8, 4) is 0 Å². The van der Waals surface area contributed by atoms with Gasteiger partial charge in [-0.3, -0.25) is 4.79 Å². The summed E-state index contributed by atoms with van der Waals surface area (Å²) in [4.78, 5) is 11.5. The van der Waals surface area contributed by atoms with Gasteiger partial charge in [0.1, 0.15) is 5.60 Å². The lowest BCUT2D eigenvalue weighted by Crippen LogP contribution is -2.28. The van der Waals surface area contributed by atoms with Crippen LogP contribution < -0.4 is 5.32 Å². The van der Waals surface area contributed by atoms with E-state index in [0.29, 0.717) is 18.4 Å².